The Morgan fingerprint density at radius 3 is 2.56 bits per heavy atom. The lowest BCUT2D eigenvalue weighted by Gasteiger charge is -2.18. The van der Waals surface area contributed by atoms with Gasteiger partial charge in [0.2, 0.25) is 5.91 Å². The number of amides is 2. The lowest BCUT2D eigenvalue weighted by Crippen LogP contribution is -2.30. The van der Waals surface area contributed by atoms with Crippen molar-refractivity contribution < 1.29 is 19.5 Å². The molecule has 1 N–H and O–H groups in total. The van der Waals surface area contributed by atoms with Crippen molar-refractivity contribution in [2.24, 2.45) is 17.8 Å². The molecule has 3 aliphatic rings. The molecule has 6 nitrogen and oxygen atoms in total. The SMILES string of the molecule is CC(=O)N1CCc2cc(C(=O)N3C[C@H](C(=O)O)[C@@H](C4CC4)C3)ccc21. The summed E-state index contributed by atoms with van der Waals surface area (Å²) in [6.07, 6.45) is 2.91. The molecule has 0 radical (unpaired) electrons. The van der Waals surface area contributed by atoms with Crippen LogP contribution in [-0.2, 0) is 16.0 Å². The van der Waals surface area contributed by atoms with Crippen molar-refractivity contribution in [1.82, 2.24) is 4.90 Å². The van der Waals surface area contributed by atoms with Gasteiger partial charge in [-0.1, -0.05) is 0 Å². The van der Waals surface area contributed by atoms with Gasteiger partial charge < -0.3 is 14.9 Å². The number of carbonyl (C=O) groups excluding carboxylic acids is 2. The number of carboxylic acids is 1. The van der Waals surface area contributed by atoms with E-state index in [0.29, 0.717) is 31.1 Å². The van der Waals surface area contributed by atoms with E-state index in [9.17, 15) is 19.5 Å². The van der Waals surface area contributed by atoms with Crippen LogP contribution in [0.3, 0.4) is 0 Å². The maximum atomic E-state index is 12.9. The number of carbonyl (C=O) groups is 3. The second kappa shape index (κ2) is 5.86. The molecule has 0 aromatic heterocycles. The normalized spacial score (nSPS) is 25.2. The Balaban J connectivity index is 1.54. The summed E-state index contributed by atoms with van der Waals surface area (Å²) in [5.41, 5.74) is 2.48. The summed E-state index contributed by atoms with van der Waals surface area (Å²) in [5, 5.41) is 9.46. The first-order valence-electron chi connectivity index (χ1n) is 8.89. The van der Waals surface area contributed by atoms with Crippen LogP contribution in [0.5, 0.6) is 0 Å². The third kappa shape index (κ3) is 2.79. The van der Waals surface area contributed by atoms with Crippen LogP contribution in [0.1, 0.15) is 35.7 Å². The molecule has 1 aromatic rings. The van der Waals surface area contributed by atoms with Gasteiger partial charge in [0, 0.05) is 37.8 Å². The van der Waals surface area contributed by atoms with Gasteiger partial charge in [0.15, 0.2) is 0 Å². The number of hydrogen-bond donors (Lipinski definition) is 1. The summed E-state index contributed by atoms with van der Waals surface area (Å²) >= 11 is 0. The molecule has 0 spiro atoms. The molecule has 132 valence electrons. The Hall–Kier alpha value is -2.37. The van der Waals surface area contributed by atoms with Crippen molar-refractivity contribution in [3.05, 3.63) is 29.3 Å². The van der Waals surface area contributed by atoms with Crippen LogP contribution in [0, 0.1) is 17.8 Å². The van der Waals surface area contributed by atoms with Gasteiger partial charge in [-0.2, -0.15) is 0 Å². The van der Waals surface area contributed by atoms with E-state index in [1.807, 2.05) is 12.1 Å². The monoisotopic (exact) mass is 342 g/mol. The number of fused-ring (bicyclic) bond motifs is 1. The minimum atomic E-state index is -0.793. The topological polar surface area (TPSA) is 77.9 Å². The number of carboxylic acid groups (broad SMARTS) is 1. The lowest BCUT2D eigenvalue weighted by molar-refractivity contribution is -0.142. The third-order valence-corrected chi connectivity index (χ3v) is 5.80. The number of aliphatic carboxylic acids is 1. The fraction of sp³-hybridized carbons (Fsp3) is 0.526. The number of anilines is 1. The van der Waals surface area contributed by atoms with Crippen molar-refractivity contribution in [2.75, 3.05) is 24.5 Å². The largest absolute Gasteiger partial charge is 0.481 e. The number of nitrogens with zero attached hydrogens (tertiary/aromatic N) is 2. The Morgan fingerprint density at radius 1 is 1.16 bits per heavy atom. The number of likely N-dealkylation sites (tertiary alicyclic amines) is 1. The van der Waals surface area contributed by atoms with Gasteiger partial charge in [-0.3, -0.25) is 14.4 Å². The molecule has 2 aliphatic heterocycles. The summed E-state index contributed by atoms with van der Waals surface area (Å²) in [7, 11) is 0. The van der Waals surface area contributed by atoms with Crippen LogP contribution < -0.4 is 4.90 Å². The predicted molar refractivity (Wildman–Crippen MR) is 91.4 cm³/mol. The first kappa shape index (κ1) is 16.1. The highest BCUT2D eigenvalue weighted by atomic mass is 16.4. The highest BCUT2D eigenvalue weighted by molar-refractivity contribution is 5.98. The molecular weight excluding hydrogens is 320 g/mol. The van der Waals surface area contributed by atoms with Crippen LogP contribution in [-0.4, -0.2) is 47.4 Å². The van der Waals surface area contributed by atoms with E-state index >= 15 is 0 Å². The van der Waals surface area contributed by atoms with Gasteiger partial charge >= 0.3 is 5.97 Å². The second-order valence-electron chi connectivity index (χ2n) is 7.42. The van der Waals surface area contributed by atoms with E-state index in [0.717, 1.165) is 30.5 Å². The molecule has 1 aromatic carbocycles. The molecule has 2 atom stereocenters. The molecule has 2 fully saturated rings. The van der Waals surface area contributed by atoms with Crippen molar-refractivity contribution in [3.63, 3.8) is 0 Å². The zero-order valence-corrected chi connectivity index (χ0v) is 14.3. The molecule has 2 amide bonds. The van der Waals surface area contributed by atoms with Gasteiger partial charge in [0.1, 0.15) is 0 Å². The molecule has 1 saturated heterocycles. The Kier molecular flexibility index (Phi) is 3.78. The number of hydrogen-bond acceptors (Lipinski definition) is 3. The maximum absolute atomic E-state index is 12.9. The molecule has 0 bridgehead atoms. The van der Waals surface area contributed by atoms with Crippen LogP contribution in [0.2, 0.25) is 0 Å². The standard InChI is InChI=1S/C19H22N2O4/c1-11(22)21-7-6-13-8-14(4-5-17(13)21)18(23)20-9-15(12-2-3-12)16(10-20)19(24)25/h4-5,8,12,15-16H,2-3,6-7,9-10H2,1H3,(H,24,25)/t15-,16+/m1/s1. The molecule has 2 heterocycles. The number of rotatable bonds is 3. The fourth-order valence-corrected chi connectivity index (χ4v) is 4.30. The average Bonchev–Trinajstić information content (AvgIpc) is 3.18. The van der Waals surface area contributed by atoms with E-state index in [1.54, 1.807) is 22.8 Å². The first-order valence-corrected chi connectivity index (χ1v) is 8.89. The van der Waals surface area contributed by atoms with E-state index in [4.69, 9.17) is 0 Å². The Bertz CT molecular complexity index is 756. The van der Waals surface area contributed by atoms with E-state index in [2.05, 4.69) is 0 Å². The minimum absolute atomic E-state index is 0.00828. The highest BCUT2D eigenvalue weighted by Crippen LogP contribution is 2.44. The van der Waals surface area contributed by atoms with Crippen molar-refractivity contribution in [2.45, 2.75) is 26.2 Å². The molecule has 0 unspecified atom stereocenters. The van der Waals surface area contributed by atoms with Gasteiger partial charge in [0.25, 0.3) is 5.91 Å². The zero-order valence-electron chi connectivity index (χ0n) is 14.3. The van der Waals surface area contributed by atoms with Crippen molar-refractivity contribution in [1.29, 1.82) is 0 Å². The molecule has 1 aliphatic carbocycles. The smallest absolute Gasteiger partial charge is 0.308 e. The van der Waals surface area contributed by atoms with E-state index < -0.39 is 11.9 Å². The molecule has 25 heavy (non-hydrogen) atoms. The van der Waals surface area contributed by atoms with Gasteiger partial charge in [-0.15, -0.1) is 0 Å². The van der Waals surface area contributed by atoms with Crippen LogP contribution in [0.4, 0.5) is 5.69 Å². The summed E-state index contributed by atoms with van der Waals surface area (Å²) < 4.78 is 0. The summed E-state index contributed by atoms with van der Waals surface area (Å²) in [5.74, 6) is -0.781. The Labute approximate surface area is 146 Å². The van der Waals surface area contributed by atoms with Crippen LogP contribution in [0.15, 0.2) is 18.2 Å². The van der Waals surface area contributed by atoms with Gasteiger partial charge in [-0.25, -0.2) is 0 Å². The van der Waals surface area contributed by atoms with Crippen LogP contribution in [0.25, 0.3) is 0 Å². The third-order valence-electron chi connectivity index (χ3n) is 5.80. The summed E-state index contributed by atoms with van der Waals surface area (Å²) in [6.45, 7) is 3.03. The average molecular weight is 342 g/mol. The maximum Gasteiger partial charge on any atom is 0.308 e. The van der Waals surface area contributed by atoms with Crippen molar-refractivity contribution in [3.8, 4) is 0 Å². The summed E-state index contributed by atoms with van der Waals surface area (Å²) in [6, 6.07) is 5.45. The number of benzene rings is 1. The van der Waals surface area contributed by atoms with Crippen LogP contribution >= 0.6 is 0 Å². The van der Waals surface area contributed by atoms with E-state index in [-0.39, 0.29) is 17.7 Å². The highest BCUT2D eigenvalue weighted by Gasteiger charge is 2.47. The van der Waals surface area contributed by atoms with E-state index in [1.165, 1.54) is 0 Å². The summed E-state index contributed by atoms with van der Waals surface area (Å²) in [4.78, 5) is 39.5. The molecule has 4 rings (SSSR count). The van der Waals surface area contributed by atoms with Gasteiger partial charge in [0.05, 0.1) is 5.92 Å². The molecule has 6 heteroatoms. The van der Waals surface area contributed by atoms with Crippen molar-refractivity contribution >= 4 is 23.5 Å². The first-order chi connectivity index (χ1) is 12.0. The van der Waals surface area contributed by atoms with Gasteiger partial charge in [-0.05, 0) is 54.9 Å². The fourth-order valence-electron chi connectivity index (χ4n) is 4.30. The minimum Gasteiger partial charge on any atom is -0.481 e. The second-order valence-corrected chi connectivity index (χ2v) is 7.42. The predicted octanol–water partition coefficient (Wildman–Crippen LogP) is 1.78. The Morgan fingerprint density at radius 2 is 1.92 bits per heavy atom. The molecule has 1 saturated carbocycles. The lowest BCUT2D eigenvalue weighted by atomic mass is 9.92. The molecular formula is C19H22N2O4. The quantitative estimate of drug-likeness (QED) is 0.908. The zero-order chi connectivity index (χ0) is 17.7.